The van der Waals surface area contributed by atoms with Crippen LogP contribution < -0.4 is 16.8 Å². The van der Waals surface area contributed by atoms with E-state index in [1.165, 1.54) is 0 Å². The number of alkyl halides is 1. The number of hydrogen-bond acceptors (Lipinski definition) is 3. The van der Waals surface area contributed by atoms with E-state index in [0.29, 0.717) is 17.5 Å². The van der Waals surface area contributed by atoms with Gasteiger partial charge in [-0.1, -0.05) is 5.92 Å². The van der Waals surface area contributed by atoms with Crippen molar-refractivity contribution in [3.63, 3.8) is 0 Å². The van der Waals surface area contributed by atoms with E-state index in [9.17, 15) is 14.0 Å². The Morgan fingerprint density at radius 1 is 1.30 bits per heavy atom. The minimum atomic E-state index is -0.836. The molecule has 1 rings (SSSR count). The number of hydrogen-bond donors (Lipinski definition) is 3. The summed E-state index contributed by atoms with van der Waals surface area (Å²) in [5.41, 5.74) is 11.5. The predicted molar refractivity (Wildman–Crippen MR) is 86.5 cm³/mol. The molecule has 122 valence electrons. The van der Waals surface area contributed by atoms with Crippen molar-refractivity contribution in [2.24, 2.45) is 16.5 Å². The number of carbonyl (C=O) groups is 2. The second kappa shape index (κ2) is 9.20. The lowest BCUT2D eigenvalue weighted by atomic mass is 10.1. The van der Waals surface area contributed by atoms with Gasteiger partial charge in [-0.25, -0.2) is 4.39 Å². The van der Waals surface area contributed by atoms with Crippen molar-refractivity contribution in [2.45, 2.75) is 18.9 Å². The van der Waals surface area contributed by atoms with Gasteiger partial charge in [-0.3, -0.25) is 14.6 Å². The molecule has 1 aromatic carbocycles. The van der Waals surface area contributed by atoms with Gasteiger partial charge in [0.15, 0.2) is 0 Å². The van der Waals surface area contributed by atoms with Gasteiger partial charge in [-0.15, -0.1) is 6.42 Å². The average molecular weight is 318 g/mol. The lowest BCUT2D eigenvalue weighted by Gasteiger charge is -2.15. The van der Waals surface area contributed by atoms with E-state index in [-0.39, 0.29) is 18.8 Å². The molecule has 0 bridgehead atoms. The van der Waals surface area contributed by atoms with Crippen LogP contribution in [-0.4, -0.2) is 36.9 Å². The molecular formula is C16H19FN4O2. The van der Waals surface area contributed by atoms with Gasteiger partial charge in [-0.2, -0.15) is 0 Å². The van der Waals surface area contributed by atoms with Crippen LogP contribution in [0.15, 0.2) is 29.3 Å². The summed E-state index contributed by atoms with van der Waals surface area (Å²) in [4.78, 5) is 27.3. The molecule has 7 heteroatoms. The summed E-state index contributed by atoms with van der Waals surface area (Å²) in [6, 6.07) is 5.55. The Hall–Kier alpha value is -2.88. The zero-order valence-electron chi connectivity index (χ0n) is 12.6. The van der Waals surface area contributed by atoms with Crippen molar-refractivity contribution < 1.29 is 14.0 Å². The van der Waals surface area contributed by atoms with Gasteiger partial charge in [0.1, 0.15) is 18.6 Å². The normalized spacial score (nSPS) is 12.3. The first-order valence-electron chi connectivity index (χ1n) is 6.99. The number of amides is 2. The molecule has 1 aromatic rings. The molecule has 0 aliphatic carbocycles. The maximum Gasteiger partial charge on any atom is 0.251 e. The highest BCUT2D eigenvalue weighted by Gasteiger charge is 2.18. The van der Waals surface area contributed by atoms with E-state index >= 15 is 0 Å². The van der Waals surface area contributed by atoms with Gasteiger partial charge in [0, 0.05) is 17.7 Å². The maximum absolute atomic E-state index is 12.1. The SMILES string of the molecule is C#Cc1ccc(C(=O)NC(CCCN=C(N)CF)C(N)=O)cc1. The molecule has 0 heterocycles. The predicted octanol–water partition coefficient (Wildman–Crippen LogP) is 0.359. The second-order valence-electron chi connectivity index (χ2n) is 4.80. The van der Waals surface area contributed by atoms with Crippen molar-refractivity contribution in [1.29, 1.82) is 0 Å². The smallest absolute Gasteiger partial charge is 0.251 e. The van der Waals surface area contributed by atoms with Crippen LogP contribution in [0.3, 0.4) is 0 Å². The Morgan fingerprint density at radius 3 is 2.48 bits per heavy atom. The van der Waals surface area contributed by atoms with E-state index in [4.69, 9.17) is 17.9 Å². The average Bonchev–Trinajstić information content (AvgIpc) is 2.56. The molecule has 1 atom stereocenters. The van der Waals surface area contributed by atoms with Crippen LogP contribution in [0.1, 0.15) is 28.8 Å². The van der Waals surface area contributed by atoms with Crippen LogP contribution in [-0.2, 0) is 4.79 Å². The fourth-order valence-electron chi connectivity index (χ4n) is 1.81. The topological polar surface area (TPSA) is 111 Å². The Bertz CT molecular complexity index is 620. The Morgan fingerprint density at radius 2 is 1.96 bits per heavy atom. The van der Waals surface area contributed by atoms with E-state index < -0.39 is 24.5 Å². The number of benzene rings is 1. The molecule has 2 amide bonds. The Labute approximate surface area is 134 Å². The van der Waals surface area contributed by atoms with Gasteiger partial charge in [-0.05, 0) is 37.1 Å². The van der Waals surface area contributed by atoms with E-state index in [2.05, 4.69) is 16.2 Å². The van der Waals surface area contributed by atoms with Crippen molar-refractivity contribution in [3.05, 3.63) is 35.4 Å². The van der Waals surface area contributed by atoms with Crippen LogP contribution in [0.5, 0.6) is 0 Å². The number of primary amides is 1. The summed E-state index contributed by atoms with van der Waals surface area (Å²) in [6.07, 6.45) is 5.96. The number of nitrogens with zero attached hydrogens (tertiary/aromatic N) is 1. The third-order valence-corrected chi connectivity index (χ3v) is 3.07. The summed E-state index contributed by atoms with van der Waals surface area (Å²) < 4.78 is 12.1. The van der Waals surface area contributed by atoms with Crippen LogP contribution in [0, 0.1) is 12.3 Å². The molecule has 23 heavy (non-hydrogen) atoms. The summed E-state index contributed by atoms with van der Waals surface area (Å²) in [6.45, 7) is -0.560. The molecular weight excluding hydrogens is 299 g/mol. The highest BCUT2D eigenvalue weighted by Crippen LogP contribution is 2.05. The second-order valence-corrected chi connectivity index (χ2v) is 4.80. The van der Waals surface area contributed by atoms with Crippen molar-refractivity contribution in [2.75, 3.05) is 13.2 Å². The lowest BCUT2D eigenvalue weighted by molar-refractivity contribution is -0.120. The largest absolute Gasteiger partial charge is 0.385 e. The number of amidine groups is 1. The summed E-state index contributed by atoms with van der Waals surface area (Å²) in [5, 5.41) is 2.55. The number of terminal acetylenes is 1. The Kier molecular flexibility index (Phi) is 7.27. The van der Waals surface area contributed by atoms with Gasteiger partial charge in [0.05, 0.1) is 0 Å². The van der Waals surface area contributed by atoms with Crippen LogP contribution in [0.2, 0.25) is 0 Å². The molecule has 0 fully saturated rings. The first-order valence-corrected chi connectivity index (χ1v) is 6.99. The Balaban J connectivity index is 2.59. The van der Waals surface area contributed by atoms with Gasteiger partial charge >= 0.3 is 0 Å². The summed E-state index contributed by atoms with van der Waals surface area (Å²) >= 11 is 0. The van der Waals surface area contributed by atoms with Gasteiger partial charge < -0.3 is 16.8 Å². The first kappa shape index (κ1) is 18.2. The van der Waals surface area contributed by atoms with Crippen LogP contribution in [0.25, 0.3) is 0 Å². The van der Waals surface area contributed by atoms with Crippen molar-refractivity contribution >= 4 is 17.6 Å². The molecule has 5 N–H and O–H groups in total. The number of aliphatic imine (C=N–C) groups is 1. The summed E-state index contributed by atoms with van der Waals surface area (Å²) in [7, 11) is 0. The number of nitrogens with two attached hydrogens (primary N) is 2. The van der Waals surface area contributed by atoms with Crippen molar-refractivity contribution in [1.82, 2.24) is 5.32 Å². The molecule has 1 unspecified atom stereocenters. The van der Waals surface area contributed by atoms with Gasteiger partial charge in [0.2, 0.25) is 5.91 Å². The molecule has 0 aliphatic rings. The molecule has 0 saturated carbocycles. The minimum Gasteiger partial charge on any atom is -0.385 e. The third-order valence-electron chi connectivity index (χ3n) is 3.07. The monoisotopic (exact) mass is 318 g/mol. The first-order chi connectivity index (χ1) is 11.0. The quantitative estimate of drug-likeness (QED) is 0.278. The van der Waals surface area contributed by atoms with E-state index in [1.807, 2.05) is 0 Å². The number of halogens is 1. The fraction of sp³-hybridized carbons (Fsp3) is 0.312. The van der Waals surface area contributed by atoms with Crippen molar-refractivity contribution in [3.8, 4) is 12.3 Å². The maximum atomic E-state index is 12.1. The molecule has 0 saturated heterocycles. The number of rotatable bonds is 8. The molecule has 6 nitrogen and oxygen atoms in total. The number of carbonyl (C=O) groups excluding carboxylic acids is 2. The third kappa shape index (κ3) is 6.18. The van der Waals surface area contributed by atoms with E-state index in [0.717, 1.165) is 0 Å². The fourth-order valence-corrected chi connectivity index (χ4v) is 1.81. The molecule has 0 aliphatic heterocycles. The summed E-state index contributed by atoms with van der Waals surface area (Å²) in [5.74, 6) is 1.27. The van der Waals surface area contributed by atoms with E-state index in [1.54, 1.807) is 24.3 Å². The van der Waals surface area contributed by atoms with Crippen LogP contribution >= 0.6 is 0 Å². The standard InChI is InChI=1S/C16H19FN4O2/c1-2-11-5-7-12(8-6-11)16(23)21-13(15(19)22)4-3-9-20-14(18)10-17/h1,5-8,13H,3-4,9-10H2,(H2,18,20)(H2,19,22)(H,21,23). The zero-order valence-corrected chi connectivity index (χ0v) is 12.6. The van der Waals surface area contributed by atoms with Gasteiger partial charge in [0.25, 0.3) is 5.91 Å². The highest BCUT2D eigenvalue weighted by molar-refractivity contribution is 5.97. The van der Waals surface area contributed by atoms with Crippen LogP contribution in [0.4, 0.5) is 4.39 Å². The number of nitrogens with one attached hydrogen (secondary N) is 1. The lowest BCUT2D eigenvalue weighted by Crippen LogP contribution is -2.44. The molecule has 0 radical (unpaired) electrons. The minimum absolute atomic E-state index is 0.0988. The molecule has 0 spiro atoms. The zero-order chi connectivity index (χ0) is 17.2. The highest BCUT2D eigenvalue weighted by atomic mass is 19.1. The molecule has 0 aromatic heterocycles.